The van der Waals surface area contributed by atoms with E-state index in [9.17, 15) is 13.2 Å². The van der Waals surface area contributed by atoms with Gasteiger partial charge in [0.15, 0.2) is 0 Å². The fourth-order valence-electron chi connectivity index (χ4n) is 2.33. The van der Waals surface area contributed by atoms with Crippen LogP contribution in [-0.4, -0.2) is 38.9 Å². The van der Waals surface area contributed by atoms with E-state index in [0.29, 0.717) is 12.1 Å². The maximum Gasteiger partial charge on any atom is 0.254 e. The number of thiophene rings is 1. The lowest BCUT2D eigenvalue weighted by Gasteiger charge is -2.19. The number of amides is 1. The normalized spacial score (nSPS) is 16.7. The zero-order valence-electron chi connectivity index (χ0n) is 12.3. The highest BCUT2D eigenvalue weighted by Crippen LogP contribution is 2.22. The number of rotatable bonds is 5. The molecule has 21 heavy (non-hydrogen) atoms. The Bertz CT molecular complexity index is 573. The van der Waals surface area contributed by atoms with Gasteiger partial charge in [0, 0.05) is 25.0 Å². The third kappa shape index (κ3) is 4.28. The third-order valence-electron chi connectivity index (χ3n) is 3.52. The lowest BCUT2D eigenvalue weighted by Crippen LogP contribution is -2.31. The van der Waals surface area contributed by atoms with Crippen molar-refractivity contribution in [1.29, 1.82) is 0 Å². The molecule has 5 nitrogen and oxygen atoms in total. The summed E-state index contributed by atoms with van der Waals surface area (Å²) < 4.78 is 26.8. The lowest BCUT2D eigenvalue weighted by molar-refractivity contribution is 0.0762. The van der Waals surface area contributed by atoms with Gasteiger partial charge in [-0.15, -0.1) is 11.3 Å². The van der Waals surface area contributed by atoms with Crippen LogP contribution in [-0.2, 0) is 10.0 Å². The van der Waals surface area contributed by atoms with Crippen LogP contribution in [0.5, 0.6) is 0 Å². The summed E-state index contributed by atoms with van der Waals surface area (Å²) in [5.74, 6) is -0.0508. The molecular weight excluding hydrogens is 308 g/mol. The quantitative estimate of drug-likeness (QED) is 0.902. The largest absolute Gasteiger partial charge is 0.339 e. The second kappa shape index (κ2) is 7.38. The van der Waals surface area contributed by atoms with Crippen molar-refractivity contribution < 1.29 is 13.2 Å². The van der Waals surface area contributed by atoms with Crippen LogP contribution in [0.4, 0.5) is 0 Å². The van der Waals surface area contributed by atoms with Gasteiger partial charge < -0.3 is 4.90 Å². The first kappa shape index (κ1) is 16.5. The number of likely N-dealkylation sites (tertiary alicyclic amines) is 1. The van der Waals surface area contributed by atoms with Gasteiger partial charge in [0.05, 0.1) is 5.56 Å². The SMILES string of the molecule is CCCNS(=O)(=O)c1cc(C(=O)N2CCCCCC2)cs1. The van der Waals surface area contributed by atoms with Crippen LogP contribution in [0.3, 0.4) is 0 Å². The van der Waals surface area contributed by atoms with Crippen molar-refractivity contribution in [3.63, 3.8) is 0 Å². The first-order chi connectivity index (χ1) is 10.0. The van der Waals surface area contributed by atoms with E-state index in [-0.39, 0.29) is 10.1 Å². The fourth-order valence-corrected chi connectivity index (χ4v) is 4.67. The Hall–Kier alpha value is -0.920. The molecule has 0 aromatic carbocycles. The number of nitrogens with zero attached hydrogens (tertiary/aromatic N) is 1. The van der Waals surface area contributed by atoms with Crippen LogP contribution < -0.4 is 4.72 Å². The Morgan fingerprint density at radius 2 is 1.95 bits per heavy atom. The highest BCUT2D eigenvalue weighted by atomic mass is 32.2. The van der Waals surface area contributed by atoms with Crippen molar-refractivity contribution in [3.8, 4) is 0 Å². The van der Waals surface area contributed by atoms with Crippen molar-refractivity contribution in [3.05, 3.63) is 17.0 Å². The third-order valence-corrected chi connectivity index (χ3v) is 6.42. The highest BCUT2D eigenvalue weighted by molar-refractivity contribution is 7.91. The zero-order chi connectivity index (χ0) is 15.3. The van der Waals surface area contributed by atoms with Crippen LogP contribution in [0.15, 0.2) is 15.7 Å². The molecule has 0 saturated carbocycles. The molecule has 0 radical (unpaired) electrons. The van der Waals surface area contributed by atoms with Crippen LogP contribution in [0.25, 0.3) is 0 Å². The highest BCUT2D eigenvalue weighted by Gasteiger charge is 2.22. The van der Waals surface area contributed by atoms with Gasteiger partial charge in [-0.25, -0.2) is 13.1 Å². The molecule has 0 unspecified atom stereocenters. The van der Waals surface area contributed by atoms with Gasteiger partial charge in [0.25, 0.3) is 5.91 Å². The molecule has 2 rings (SSSR count). The van der Waals surface area contributed by atoms with Crippen molar-refractivity contribution in [2.75, 3.05) is 19.6 Å². The minimum Gasteiger partial charge on any atom is -0.339 e. The number of hydrogen-bond acceptors (Lipinski definition) is 4. The van der Waals surface area contributed by atoms with E-state index in [1.165, 1.54) is 6.07 Å². The molecule has 1 N–H and O–H groups in total. The Balaban J connectivity index is 2.10. The van der Waals surface area contributed by atoms with Crippen molar-refractivity contribution >= 4 is 27.3 Å². The summed E-state index contributed by atoms with van der Waals surface area (Å²) in [6.07, 6.45) is 5.12. The van der Waals surface area contributed by atoms with Crippen molar-refractivity contribution in [2.24, 2.45) is 0 Å². The Morgan fingerprint density at radius 1 is 1.29 bits per heavy atom. The van der Waals surface area contributed by atoms with Crippen molar-refractivity contribution in [2.45, 2.75) is 43.2 Å². The fraction of sp³-hybridized carbons (Fsp3) is 0.643. The molecule has 0 spiro atoms. The van der Waals surface area contributed by atoms with Crippen LogP contribution in [0, 0.1) is 0 Å². The summed E-state index contributed by atoms with van der Waals surface area (Å²) in [7, 11) is -3.48. The first-order valence-electron chi connectivity index (χ1n) is 7.42. The number of carbonyl (C=O) groups is 1. The molecule has 0 bridgehead atoms. The monoisotopic (exact) mass is 330 g/mol. The molecule has 2 heterocycles. The maximum atomic E-state index is 12.4. The van der Waals surface area contributed by atoms with E-state index in [1.54, 1.807) is 5.38 Å². The van der Waals surface area contributed by atoms with E-state index in [0.717, 1.165) is 56.5 Å². The molecule has 1 aliphatic heterocycles. The van der Waals surface area contributed by atoms with Gasteiger partial charge in [0.1, 0.15) is 4.21 Å². The topological polar surface area (TPSA) is 66.5 Å². The molecule has 1 aromatic heterocycles. The van der Waals surface area contributed by atoms with Crippen LogP contribution in [0.2, 0.25) is 0 Å². The minimum absolute atomic E-state index is 0.0508. The number of sulfonamides is 1. The molecule has 1 aromatic rings. The predicted molar refractivity (Wildman–Crippen MR) is 84.2 cm³/mol. The van der Waals surface area contributed by atoms with Gasteiger partial charge in [-0.2, -0.15) is 0 Å². The van der Waals surface area contributed by atoms with E-state index < -0.39 is 10.0 Å². The first-order valence-corrected chi connectivity index (χ1v) is 9.78. The lowest BCUT2D eigenvalue weighted by atomic mass is 10.2. The standard InChI is InChI=1S/C14H22N2O3S2/c1-2-7-15-21(18,19)13-10-12(11-20-13)14(17)16-8-5-3-4-6-9-16/h10-11,15H,2-9H2,1H3. The molecule has 1 aliphatic rings. The second-order valence-electron chi connectivity index (χ2n) is 5.26. The summed E-state index contributed by atoms with van der Waals surface area (Å²) in [5, 5.41) is 1.65. The minimum atomic E-state index is -3.48. The van der Waals surface area contributed by atoms with Gasteiger partial charge in [-0.3, -0.25) is 4.79 Å². The van der Waals surface area contributed by atoms with Gasteiger partial charge in [-0.1, -0.05) is 19.8 Å². The molecule has 118 valence electrons. The molecular formula is C14H22N2O3S2. The van der Waals surface area contributed by atoms with Crippen LogP contribution >= 0.6 is 11.3 Å². The molecule has 0 atom stereocenters. The average molecular weight is 330 g/mol. The Morgan fingerprint density at radius 3 is 2.57 bits per heavy atom. The number of hydrogen-bond donors (Lipinski definition) is 1. The predicted octanol–water partition coefficient (Wildman–Crippen LogP) is 2.45. The van der Waals surface area contributed by atoms with Gasteiger partial charge >= 0.3 is 0 Å². The van der Waals surface area contributed by atoms with Crippen LogP contribution in [0.1, 0.15) is 49.4 Å². The Kier molecular flexibility index (Phi) is 5.78. The van der Waals surface area contributed by atoms with E-state index in [4.69, 9.17) is 0 Å². The smallest absolute Gasteiger partial charge is 0.254 e. The maximum absolute atomic E-state index is 12.4. The van der Waals surface area contributed by atoms with E-state index in [2.05, 4.69) is 4.72 Å². The van der Waals surface area contributed by atoms with E-state index >= 15 is 0 Å². The van der Waals surface area contributed by atoms with E-state index in [1.807, 2.05) is 11.8 Å². The zero-order valence-corrected chi connectivity index (χ0v) is 13.9. The second-order valence-corrected chi connectivity index (χ2v) is 8.16. The molecule has 1 saturated heterocycles. The molecule has 1 amide bonds. The summed E-state index contributed by atoms with van der Waals surface area (Å²) >= 11 is 1.11. The molecule has 7 heteroatoms. The summed E-state index contributed by atoms with van der Waals surface area (Å²) in [6.45, 7) is 3.86. The Labute approximate surface area is 130 Å². The van der Waals surface area contributed by atoms with Gasteiger partial charge in [-0.05, 0) is 25.3 Å². The van der Waals surface area contributed by atoms with Crippen molar-refractivity contribution in [1.82, 2.24) is 9.62 Å². The molecule has 0 aliphatic carbocycles. The average Bonchev–Trinajstić information content (AvgIpc) is 2.82. The number of carbonyl (C=O) groups excluding carboxylic acids is 1. The summed E-state index contributed by atoms with van der Waals surface area (Å²) in [4.78, 5) is 14.3. The summed E-state index contributed by atoms with van der Waals surface area (Å²) in [5.41, 5.74) is 0.485. The number of nitrogens with one attached hydrogen (secondary N) is 1. The van der Waals surface area contributed by atoms with Gasteiger partial charge in [0.2, 0.25) is 10.0 Å². The summed E-state index contributed by atoms with van der Waals surface area (Å²) in [6, 6.07) is 1.50. The molecule has 1 fully saturated rings.